The second-order valence-corrected chi connectivity index (χ2v) is 7.65. The zero-order valence-corrected chi connectivity index (χ0v) is 17.1. The van der Waals surface area contributed by atoms with Crippen LogP contribution >= 0.6 is 0 Å². The van der Waals surface area contributed by atoms with Crippen molar-refractivity contribution in [2.24, 2.45) is 5.92 Å². The SMILES string of the molecule is CN(Cc1nc2ccccc2[nH]1)C(=O)C1CCN(C(=O)COc2ccccc2)CC1. The van der Waals surface area contributed by atoms with Crippen molar-refractivity contribution in [3.8, 4) is 5.75 Å². The first-order valence-corrected chi connectivity index (χ1v) is 10.2. The molecule has 1 aliphatic rings. The number of piperidine rings is 1. The Hall–Kier alpha value is -3.35. The average molecular weight is 406 g/mol. The molecule has 156 valence electrons. The summed E-state index contributed by atoms with van der Waals surface area (Å²) >= 11 is 0. The lowest BCUT2D eigenvalue weighted by Crippen LogP contribution is -2.44. The van der Waals surface area contributed by atoms with Gasteiger partial charge in [-0.25, -0.2) is 4.98 Å². The molecular weight excluding hydrogens is 380 g/mol. The topological polar surface area (TPSA) is 78.5 Å². The highest BCUT2D eigenvalue weighted by molar-refractivity contribution is 5.81. The minimum absolute atomic E-state index is 0.0224. The fourth-order valence-electron chi connectivity index (χ4n) is 3.82. The molecular formula is C23H26N4O3. The van der Waals surface area contributed by atoms with Gasteiger partial charge in [-0.3, -0.25) is 9.59 Å². The third kappa shape index (κ3) is 4.62. The minimum atomic E-state index is -0.0709. The van der Waals surface area contributed by atoms with E-state index in [0.717, 1.165) is 16.9 Å². The molecule has 1 fully saturated rings. The van der Waals surface area contributed by atoms with E-state index in [1.54, 1.807) is 16.8 Å². The highest BCUT2D eigenvalue weighted by Gasteiger charge is 2.29. The molecule has 4 rings (SSSR count). The number of nitrogens with one attached hydrogen (secondary N) is 1. The van der Waals surface area contributed by atoms with Gasteiger partial charge >= 0.3 is 0 Å². The fourth-order valence-corrected chi connectivity index (χ4v) is 3.82. The van der Waals surface area contributed by atoms with Crippen LogP contribution in [0.15, 0.2) is 54.6 Å². The maximum atomic E-state index is 12.9. The Balaban J connectivity index is 1.25. The van der Waals surface area contributed by atoms with E-state index in [4.69, 9.17) is 4.74 Å². The minimum Gasteiger partial charge on any atom is -0.484 e. The number of carbonyl (C=O) groups is 2. The lowest BCUT2D eigenvalue weighted by Gasteiger charge is -2.33. The van der Waals surface area contributed by atoms with E-state index < -0.39 is 0 Å². The third-order valence-corrected chi connectivity index (χ3v) is 5.50. The number of amides is 2. The summed E-state index contributed by atoms with van der Waals surface area (Å²) in [4.78, 5) is 36.6. The van der Waals surface area contributed by atoms with E-state index in [9.17, 15) is 9.59 Å². The molecule has 2 heterocycles. The summed E-state index contributed by atoms with van der Waals surface area (Å²) in [5.41, 5.74) is 1.87. The predicted octanol–water partition coefficient (Wildman–Crippen LogP) is 2.84. The van der Waals surface area contributed by atoms with Gasteiger partial charge in [0.2, 0.25) is 5.91 Å². The predicted molar refractivity (Wildman–Crippen MR) is 114 cm³/mol. The number of H-pyrrole nitrogens is 1. The van der Waals surface area contributed by atoms with Crippen LogP contribution in [0.5, 0.6) is 5.75 Å². The van der Waals surface area contributed by atoms with Gasteiger partial charge in [-0.05, 0) is 37.1 Å². The molecule has 0 unspecified atom stereocenters. The smallest absolute Gasteiger partial charge is 0.260 e. The van der Waals surface area contributed by atoms with Crippen molar-refractivity contribution in [3.05, 3.63) is 60.4 Å². The quantitative estimate of drug-likeness (QED) is 0.683. The molecule has 0 spiro atoms. The van der Waals surface area contributed by atoms with Gasteiger partial charge in [0.25, 0.3) is 5.91 Å². The molecule has 0 bridgehead atoms. The summed E-state index contributed by atoms with van der Waals surface area (Å²) in [6, 6.07) is 17.1. The molecule has 1 saturated heterocycles. The molecule has 0 atom stereocenters. The molecule has 1 aromatic heterocycles. The van der Waals surface area contributed by atoms with Crippen LogP contribution in [-0.4, -0.2) is 58.3 Å². The van der Waals surface area contributed by atoms with Crippen LogP contribution in [0.3, 0.4) is 0 Å². The Morgan fingerprint density at radius 3 is 2.53 bits per heavy atom. The maximum absolute atomic E-state index is 12.9. The number of fused-ring (bicyclic) bond motifs is 1. The highest BCUT2D eigenvalue weighted by Crippen LogP contribution is 2.21. The second kappa shape index (κ2) is 8.98. The number of benzene rings is 2. The van der Waals surface area contributed by atoms with E-state index in [0.29, 0.717) is 38.2 Å². The van der Waals surface area contributed by atoms with Gasteiger partial charge in [-0.1, -0.05) is 30.3 Å². The van der Waals surface area contributed by atoms with Crippen LogP contribution < -0.4 is 4.74 Å². The second-order valence-electron chi connectivity index (χ2n) is 7.65. The number of rotatable bonds is 6. The van der Waals surface area contributed by atoms with Crippen molar-refractivity contribution < 1.29 is 14.3 Å². The molecule has 1 N–H and O–H groups in total. The molecule has 1 aliphatic heterocycles. The number of nitrogens with zero attached hydrogens (tertiary/aromatic N) is 3. The number of aromatic amines is 1. The van der Waals surface area contributed by atoms with Crippen LogP contribution in [0.1, 0.15) is 18.7 Å². The summed E-state index contributed by atoms with van der Waals surface area (Å²) in [7, 11) is 1.81. The summed E-state index contributed by atoms with van der Waals surface area (Å²) in [6.45, 7) is 1.61. The van der Waals surface area contributed by atoms with Crippen molar-refractivity contribution in [2.45, 2.75) is 19.4 Å². The number of para-hydroxylation sites is 3. The van der Waals surface area contributed by atoms with Gasteiger partial charge in [-0.2, -0.15) is 0 Å². The summed E-state index contributed by atoms with van der Waals surface area (Å²) in [5, 5.41) is 0. The van der Waals surface area contributed by atoms with Crippen LogP contribution in [0.25, 0.3) is 11.0 Å². The highest BCUT2D eigenvalue weighted by atomic mass is 16.5. The summed E-state index contributed by atoms with van der Waals surface area (Å²) in [5.74, 6) is 1.45. The van der Waals surface area contributed by atoms with Crippen LogP contribution in [0, 0.1) is 5.92 Å². The molecule has 0 aliphatic carbocycles. The number of likely N-dealkylation sites (tertiary alicyclic amines) is 1. The number of aromatic nitrogens is 2. The van der Waals surface area contributed by atoms with Gasteiger partial charge in [-0.15, -0.1) is 0 Å². The Labute approximate surface area is 175 Å². The zero-order chi connectivity index (χ0) is 20.9. The normalized spacial score (nSPS) is 14.6. The first kappa shape index (κ1) is 19.9. The van der Waals surface area contributed by atoms with Crippen LogP contribution in [-0.2, 0) is 16.1 Å². The molecule has 2 amide bonds. The molecule has 2 aromatic carbocycles. The van der Waals surface area contributed by atoms with E-state index in [-0.39, 0.29) is 24.3 Å². The van der Waals surface area contributed by atoms with Gasteiger partial charge < -0.3 is 19.5 Å². The van der Waals surface area contributed by atoms with Gasteiger partial charge in [0.15, 0.2) is 6.61 Å². The maximum Gasteiger partial charge on any atom is 0.260 e. The summed E-state index contributed by atoms with van der Waals surface area (Å²) in [6.07, 6.45) is 1.33. The lowest BCUT2D eigenvalue weighted by atomic mass is 9.95. The van der Waals surface area contributed by atoms with Crippen LogP contribution in [0.4, 0.5) is 0 Å². The van der Waals surface area contributed by atoms with Gasteiger partial charge in [0.05, 0.1) is 17.6 Å². The molecule has 0 radical (unpaired) electrons. The van der Waals surface area contributed by atoms with Crippen molar-refractivity contribution in [2.75, 3.05) is 26.7 Å². The van der Waals surface area contributed by atoms with Crippen molar-refractivity contribution in [1.29, 1.82) is 0 Å². The van der Waals surface area contributed by atoms with E-state index >= 15 is 0 Å². The first-order valence-electron chi connectivity index (χ1n) is 10.2. The van der Waals surface area contributed by atoms with E-state index in [1.165, 1.54) is 0 Å². The Morgan fingerprint density at radius 2 is 1.80 bits per heavy atom. The first-order chi connectivity index (χ1) is 14.6. The van der Waals surface area contributed by atoms with Gasteiger partial charge in [0, 0.05) is 26.1 Å². The molecule has 7 nitrogen and oxygen atoms in total. The number of carbonyl (C=O) groups excluding carboxylic acids is 2. The monoisotopic (exact) mass is 406 g/mol. The fraction of sp³-hybridized carbons (Fsp3) is 0.348. The number of hydrogen-bond acceptors (Lipinski definition) is 4. The summed E-state index contributed by atoms with van der Waals surface area (Å²) < 4.78 is 5.55. The zero-order valence-electron chi connectivity index (χ0n) is 17.1. The van der Waals surface area contributed by atoms with E-state index in [1.807, 2.05) is 54.6 Å². The average Bonchev–Trinajstić information content (AvgIpc) is 3.20. The van der Waals surface area contributed by atoms with Crippen molar-refractivity contribution >= 4 is 22.8 Å². The van der Waals surface area contributed by atoms with Gasteiger partial charge in [0.1, 0.15) is 11.6 Å². The largest absolute Gasteiger partial charge is 0.484 e. The molecule has 7 heteroatoms. The lowest BCUT2D eigenvalue weighted by molar-refractivity contribution is -0.141. The Morgan fingerprint density at radius 1 is 1.10 bits per heavy atom. The molecule has 0 saturated carbocycles. The van der Waals surface area contributed by atoms with E-state index in [2.05, 4.69) is 9.97 Å². The third-order valence-electron chi connectivity index (χ3n) is 5.50. The van der Waals surface area contributed by atoms with Crippen LogP contribution in [0.2, 0.25) is 0 Å². The Kier molecular flexibility index (Phi) is 5.97. The Bertz CT molecular complexity index is 976. The number of imidazole rings is 1. The molecule has 30 heavy (non-hydrogen) atoms. The van der Waals surface area contributed by atoms with Crippen molar-refractivity contribution in [3.63, 3.8) is 0 Å². The number of hydrogen-bond donors (Lipinski definition) is 1. The standard InChI is InChI=1S/C23H26N4O3/c1-26(15-21-24-19-9-5-6-10-20(19)25-21)23(29)17-11-13-27(14-12-17)22(28)16-30-18-7-3-2-4-8-18/h2-10,17H,11-16H2,1H3,(H,24,25). The van der Waals surface area contributed by atoms with Crippen molar-refractivity contribution in [1.82, 2.24) is 19.8 Å². The number of ether oxygens (including phenoxy) is 1. The molecule has 3 aromatic rings.